The Morgan fingerprint density at radius 3 is 2.67 bits per heavy atom. The van der Waals surface area contributed by atoms with Gasteiger partial charge in [-0.05, 0) is 24.6 Å². The van der Waals surface area contributed by atoms with E-state index in [-0.39, 0.29) is 6.04 Å². The molecule has 18 heavy (non-hydrogen) atoms. The van der Waals surface area contributed by atoms with E-state index in [0.717, 1.165) is 36.6 Å². The van der Waals surface area contributed by atoms with Gasteiger partial charge in [0, 0.05) is 25.2 Å². The fourth-order valence-electron chi connectivity index (χ4n) is 1.65. The number of benzene rings is 1. The van der Waals surface area contributed by atoms with E-state index in [2.05, 4.69) is 5.32 Å². The van der Waals surface area contributed by atoms with Gasteiger partial charge in [0.25, 0.3) is 0 Å². The van der Waals surface area contributed by atoms with Gasteiger partial charge >= 0.3 is 0 Å². The van der Waals surface area contributed by atoms with Crippen LogP contribution >= 0.6 is 0 Å². The van der Waals surface area contributed by atoms with E-state index in [1.807, 2.05) is 18.2 Å². The first kappa shape index (κ1) is 14.8. The van der Waals surface area contributed by atoms with Gasteiger partial charge in [0.2, 0.25) is 0 Å². The molecule has 0 aliphatic heterocycles. The zero-order chi connectivity index (χ0) is 13.4. The summed E-state index contributed by atoms with van der Waals surface area (Å²) in [5.74, 6) is 1.65. The molecule has 1 aromatic carbocycles. The van der Waals surface area contributed by atoms with Crippen LogP contribution in [-0.2, 0) is 6.42 Å². The van der Waals surface area contributed by atoms with Gasteiger partial charge in [0.05, 0.1) is 14.2 Å². The van der Waals surface area contributed by atoms with Gasteiger partial charge in [-0.3, -0.25) is 0 Å². The van der Waals surface area contributed by atoms with Gasteiger partial charge in [-0.25, -0.2) is 0 Å². The number of hydrogen-bond donors (Lipinski definition) is 3. The van der Waals surface area contributed by atoms with Crippen LogP contribution in [0.1, 0.15) is 5.56 Å². The Morgan fingerprint density at radius 1 is 1.28 bits per heavy atom. The first-order valence-electron chi connectivity index (χ1n) is 6.08. The summed E-state index contributed by atoms with van der Waals surface area (Å²) in [5, 5.41) is 3.27. The van der Waals surface area contributed by atoms with Crippen LogP contribution in [0.25, 0.3) is 0 Å². The highest BCUT2D eigenvalue weighted by atomic mass is 16.5. The summed E-state index contributed by atoms with van der Waals surface area (Å²) >= 11 is 0. The van der Waals surface area contributed by atoms with Crippen molar-refractivity contribution >= 4 is 0 Å². The average molecular weight is 253 g/mol. The molecule has 102 valence electrons. The summed E-state index contributed by atoms with van der Waals surface area (Å²) in [5.41, 5.74) is 12.3. The topological polar surface area (TPSA) is 82.5 Å². The lowest BCUT2D eigenvalue weighted by Crippen LogP contribution is -2.40. The fraction of sp³-hybridized carbons (Fsp3) is 0.538. The van der Waals surface area contributed by atoms with Gasteiger partial charge < -0.3 is 26.3 Å². The lowest BCUT2D eigenvalue weighted by Gasteiger charge is -2.12. The van der Waals surface area contributed by atoms with Crippen molar-refractivity contribution in [3.8, 4) is 11.5 Å². The second kappa shape index (κ2) is 7.92. The SMILES string of the molecule is COc1ccc(CCNCC(N)CN)c(OC)c1. The largest absolute Gasteiger partial charge is 0.497 e. The molecule has 1 unspecified atom stereocenters. The zero-order valence-electron chi connectivity index (χ0n) is 11.1. The molecule has 0 saturated heterocycles. The molecule has 0 amide bonds. The normalized spacial score (nSPS) is 12.2. The van der Waals surface area contributed by atoms with Gasteiger partial charge in [-0.15, -0.1) is 0 Å². The van der Waals surface area contributed by atoms with Crippen LogP contribution in [0, 0.1) is 0 Å². The third-order valence-corrected chi connectivity index (χ3v) is 2.77. The highest BCUT2D eigenvalue weighted by molar-refractivity contribution is 5.40. The Balaban J connectivity index is 2.46. The van der Waals surface area contributed by atoms with Crippen LogP contribution in [0.3, 0.4) is 0 Å². The second-order valence-corrected chi connectivity index (χ2v) is 4.13. The van der Waals surface area contributed by atoms with E-state index in [1.165, 1.54) is 0 Å². The molecule has 5 heteroatoms. The lowest BCUT2D eigenvalue weighted by molar-refractivity contribution is 0.390. The number of ether oxygens (including phenoxy) is 2. The molecule has 1 aromatic rings. The first-order valence-corrected chi connectivity index (χ1v) is 6.08. The molecule has 0 saturated carbocycles. The predicted octanol–water partition coefficient (Wildman–Crippen LogP) is 0.122. The van der Waals surface area contributed by atoms with E-state index in [0.29, 0.717) is 6.54 Å². The molecule has 0 aromatic heterocycles. The number of nitrogens with one attached hydrogen (secondary N) is 1. The third-order valence-electron chi connectivity index (χ3n) is 2.77. The van der Waals surface area contributed by atoms with Crippen molar-refractivity contribution in [3.05, 3.63) is 23.8 Å². The molecule has 0 aliphatic rings. The number of rotatable bonds is 8. The minimum atomic E-state index is 0.0164. The summed E-state index contributed by atoms with van der Waals surface area (Å²) in [6, 6.07) is 5.86. The molecular weight excluding hydrogens is 230 g/mol. The maximum absolute atomic E-state index is 5.72. The molecule has 0 bridgehead atoms. The summed E-state index contributed by atoms with van der Waals surface area (Å²) in [7, 11) is 3.31. The summed E-state index contributed by atoms with van der Waals surface area (Å²) < 4.78 is 10.5. The van der Waals surface area contributed by atoms with Crippen LogP contribution in [0.4, 0.5) is 0 Å². The number of nitrogens with two attached hydrogens (primary N) is 2. The Bertz CT molecular complexity index is 358. The van der Waals surface area contributed by atoms with Crippen LogP contribution < -0.4 is 26.3 Å². The summed E-state index contributed by atoms with van der Waals surface area (Å²) in [6.45, 7) is 2.07. The van der Waals surface area contributed by atoms with Crippen molar-refractivity contribution in [1.29, 1.82) is 0 Å². The maximum Gasteiger partial charge on any atom is 0.125 e. The van der Waals surface area contributed by atoms with Gasteiger partial charge in [-0.2, -0.15) is 0 Å². The molecule has 0 spiro atoms. The van der Waals surface area contributed by atoms with Crippen molar-refractivity contribution in [1.82, 2.24) is 5.32 Å². The first-order chi connectivity index (χ1) is 8.71. The van der Waals surface area contributed by atoms with Crippen molar-refractivity contribution < 1.29 is 9.47 Å². The Kier molecular flexibility index (Phi) is 6.49. The Hall–Kier alpha value is -1.30. The van der Waals surface area contributed by atoms with E-state index in [9.17, 15) is 0 Å². The minimum Gasteiger partial charge on any atom is -0.497 e. The highest BCUT2D eigenvalue weighted by Crippen LogP contribution is 2.24. The molecule has 0 fully saturated rings. The van der Waals surface area contributed by atoms with E-state index < -0.39 is 0 Å². The van der Waals surface area contributed by atoms with E-state index in [4.69, 9.17) is 20.9 Å². The third kappa shape index (κ3) is 4.52. The zero-order valence-corrected chi connectivity index (χ0v) is 11.1. The minimum absolute atomic E-state index is 0.0164. The van der Waals surface area contributed by atoms with Crippen LogP contribution in [0.15, 0.2) is 18.2 Å². The standard InChI is InChI=1S/C13H23N3O2/c1-17-12-4-3-10(13(7-12)18-2)5-6-16-9-11(15)8-14/h3-4,7,11,16H,5-6,8-9,14-15H2,1-2H3. The monoisotopic (exact) mass is 253 g/mol. The molecule has 5 N–H and O–H groups in total. The molecule has 5 nitrogen and oxygen atoms in total. The van der Waals surface area contributed by atoms with Gasteiger partial charge in [-0.1, -0.05) is 6.07 Å². The molecule has 0 heterocycles. The summed E-state index contributed by atoms with van der Waals surface area (Å²) in [4.78, 5) is 0. The number of methoxy groups -OCH3 is 2. The van der Waals surface area contributed by atoms with E-state index >= 15 is 0 Å². The Morgan fingerprint density at radius 2 is 2.06 bits per heavy atom. The second-order valence-electron chi connectivity index (χ2n) is 4.13. The quantitative estimate of drug-likeness (QED) is 0.573. The summed E-state index contributed by atoms with van der Waals surface area (Å²) in [6.07, 6.45) is 0.879. The van der Waals surface area contributed by atoms with Crippen LogP contribution in [0.5, 0.6) is 11.5 Å². The van der Waals surface area contributed by atoms with Crippen molar-refractivity contribution in [2.24, 2.45) is 11.5 Å². The van der Waals surface area contributed by atoms with Gasteiger partial charge in [0.15, 0.2) is 0 Å². The molecule has 1 atom stereocenters. The van der Waals surface area contributed by atoms with Crippen LogP contribution in [-0.4, -0.2) is 39.9 Å². The van der Waals surface area contributed by atoms with Crippen LogP contribution in [0.2, 0.25) is 0 Å². The smallest absolute Gasteiger partial charge is 0.125 e. The van der Waals surface area contributed by atoms with E-state index in [1.54, 1.807) is 14.2 Å². The van der Waals surface area contributed by atoms with Crippen molar-refractivity contribution in [2.75, 3.05) is 33.9 Å². The molecular formula is C13H23N3O2. The molecule has 0 aliphatic carbocycles. The molecule has 0 radical (unpaired) electrons. The lowest BCUT2D eigenvalue weighted by atomic mass is 10.1. The van der Waals surface area contributed by atoms with Crippen molar-refractivity contribution in [3.63, 3.8) is 0 Å². The molecule has 1 rings (SSSR count). The fourth-order valence-corrected chi connectivity index (χ4v) is 1.65. The number of hydrogen-bond acceptors (Lipinski definition) is 5. The highest BCUT2D eigenvalue weighted by Gasteiger charge is 2.05. The Labute approximate surface area is 108 Å². The maximum atomic E-state index is 5.72. The predicted molar refractivity (Wildman–Crippen MR) is 73.1 cm³/mol. The average Bonchev–Trinajstić information content (AvgIpc) is 2.43. The van der Waals surface area contributed by atoms with Crippen molar-refractivity contribution in [2.45, 2.75) is 12.5 Å². The van der Waals surface area contributed by atoms with Gasteiger partial charge in [0.1, 0.15) is 11.5 Å².